The molecule has 148 valence electrons. The number of rotatable bonds is 9. The highest BCUT2D eigenvalue weighted by atomic mass is 19.3. The van der Waals surface area contributed by atoms with Gasteiger partial charge in [-0.15, -0.1) is 0 Å². The van der Waals surface area contributed by atoms with Gasteiger partial charge in [-0.05, 0) is 43.1 Å². The highest BCUT2D eigenvalue weighted by Crippen LogP contribution is 2.43. The lowest BCUT2D eigenvalue weighted by Gasteiger charge is -2.29. The van der Waals surface area contributed by atoms with Crippen LogP contribution in [-0.2, 0) is 5.92 Å². The maximum atomic E-state index is 13.7. The number of hydrogen-bond acceptors (Lipinski definition) is 0. The standard InChI is InChI=1S/C22H32F4/c1-3-4-5-6-7-8-17-9-11-18(12-10-17)19-13-15-20(16-14-19)22(25,26)21(2,23)24/h13-18H,3-12H2,1-2H3/t17-,18-. The Bertz CT molecular complexity index is 522. The van der Waals surface area contributed by atoms with Crippen LogP contribution in [0, 0.1) is 5.92 Å². The quantitative estimate of drug-likeness (QED) is 0.304. The van der Waals surface area contributed by atoms with Gasteiger partial charge in [0.1, 0.15) is 0 Å². The molecular weight excluding hydrogens is 340 g/mol. The minimum absolute atomic E-state index is 0.268. The lowest BCUT2D eigenvalue weighted by Crippen LogP contribution is -2.34. The molecule has 1 aromatic rings. The van der Waals surface area contributed by atoms with Gasteiger partial charge in [-0.3, -0.25) is 0 Å². The third-order valence-corrected chi connectivity index (χ3v) is 5.86. The van der Waals surface area contributed by atoms with Gasteiger partial charge < -0.3 is 0 Å². The fourth-order valence-electron chi connectivity index (χ4n) is 4.04. The van der Waals surface area contributed by atoms with Crippen LogP contribution in [-0.4, -0.2) is 5.92 Å². The van der Waals surface area contributed by atoms with Gasteiger partial charge in [0.2, 0.25) is 0 Å². The van der Waals surface area contributed by atoms with E-state index in [4.69, 9.17) is 0 Å². The summed E-state index contributed by atoms with van der Waals surface area (Å²) in [7, 11) is 0. The normalized spacial score (nSPS) is 21.8. The minimum Gasteiger partial charge on any atom is -0.200 e. The molecule has 0 amide bonds. The van der Waals surface area contributed by atoms with Crippen LogP contribution >= 0.6 is 0 Å². The van der Waals surface area contributed by atoms with Gasteiger partial charge in [-0.1, -0.05) is 69.7 Å². The molecule has 0 atom stereocenters. The molecule has 0 unspecified atom stereocenters. The van der Waals surface area contributed by atoms with Crippen LogP contribution < -0.4 is 0 Å². The zero-order chi connectivity index (χ0) is 19.2. The van der Waals surface area contributed by atoms with E-state index < -0.39 is 17.4 Å². The van der Waals surface area contributed by atoms with Crippen molar-refractivity contribution in [2.75, 3.05) is 0 Å². The maximum Gasteiger partial charge on any atom is 0.335 e. The summed E-state index contributed by atoms with van der Waals surface area (Å²) in [5.41, 5.74) is 0.403. The van der Waals surface area contributed by atoms with Gasteiger partial charge >= 0.3 is 11.8 Å². The monoisotopic (exact) mass is 372 g/mol. The van der Waals surface area contributed by atoms with Crippen LogP contribution in [0.1, 0.15) is 95.1 Å². The topological polar surface area (TPSA) is 0 Å². The first kappa shape index (κ1) is 21.2. The van der Waals surface area contributed by atoms with E-state index in [1.165, 1.54) is 63.5 Å². The van der Waals surface area contributed by atoms with Crippen LogP contribution in [0.2, 0.25) is 0 Å². The van der Waals surface area contributed by atoms with Gasteiger partial charge in [-0.25, -0.2) is 0 Å². The average molecular weight is 372 g/mol. The van der Waals surface area contributed by atoms with Gasteiger partial charge in [-0.2, -0.15) is 17.6 Å². The second kappa shape index (κ2) is 9.23. The number of alkyl halides is 4. The second-order valence-electron chi connectivity index (χ2n) is 8.01. The summed E-state index contributed by atoms with van der Waals surface area (Å²) in [5, 5.41) is 0. The molecule has 26 heavy (non-hydrogen) atoms. The van der Waals surface area contributed by atoms with Crippen LogP contribution in [0.5, 0.6) is 0 Å². The average Bonchev–Trinajstić information content (AvgIpc) is 2.61. The fraction of sp³-hybridized carbons (Fsp3) is 0.727. The van der Waals surface area contributed by atoms with E-state index in [0.717, 1.165) is 24.3 Å². The molecule has 1 saturated carbocycles. The molecule has 1 aliphatic carbocycles. The molecule has 0 saturated heterocycles. The van der Waals surface area contributed by atoms with Crippen molar-refractivity contribution < 1.29 is 17.6 Å². The lowest BCUT2D eigenvalue weighted by molar-refractivity contribution is -0.204. The molecular formula is C22H32F4. The molecule has 0 radical (unpaired) electrons. The zero-order valence-corrected chi connectivity index (χ0v) is 16.0. The molecule has 0 bridgehead atoms. The first-order chi connectivity index (χ1) is 12.3. The van der Waals surface area contributed by atoms with Crippen molar-refractivity contribution in [2.24, 2.45) is 5.92 Å². The molecule has 1 aliphatic rings. The highest BCUT2D eigenvalue weighted by Gasteiger charge is 2.53. The first-order valence-electron chi connectivity index (χ1n) is 10.1. The summed E-state index contributed by atoms with van der Waals surface area (Å²) in [6.45, 7) is 2.49. The van der Waals surface area contributed by atoms with Crippen LogP contribution in [0.4, 0.5) is 17.6 Å². The molecule has 0 nitrogen and oxygen atoms in total. The predicted octanol–water partition coefficient (Wildman–Crippen LogP) is 8.07. The van der Waals surface area contributed by atoms with Gasteiger partial charge in [0.15, 0.2) is 0 Å². The van der Waals surface area contributed by atoms with E-state index in [0.29, 0.717) is 5.92 Å². The maximum absolute atomic E-state index is 13.7. The zero-order valence-electron chi connectivity index (χ0n) is 16.0. The Morgan fingerprint density at radius 1 is 0.846 bits per heavy atom. The Hall–Kier alpha value is -1.06. The number of benzene rings is 1. The van der Waals surface area contributed by atoms with Gasteiger partial charge in [0, 0.05) is 12.5 Å². The van der Waals surface area contributed by atoms with Crippen molar-refractivity contribution in [1.29, 1.82) is 0 Å². The molecule has 0 aliphatic heterocycles. The van der Waals surface area contributed by atoms with Crippen LogP contribution in [0.25, 0.3) is 0 Å². The predicted molar refractivity (Wildman–Crippen MR) is 99.0 cm³/mol. The van der Waals surface area contributed by atoms with E-state index in [-0.39, 0.29) is 6.92 Å². The van der Waals surface area contributed by atoms with Crippen molar-refractivity contribution in [3.8, 4) is 0 Å². The van der Waals surface area contributed by atoms with Crippen molar-refractivity contribution in [2.45, 2.75) is 95.8 Å². The Labute approximate surface area is 155 Å². The summed E-state index contributed by atoms with van der Waals surface area (Å²) in [6, 6.07) is 5.58. The molecule has 2 rings (SSSR count). The Balaban J connectivity index is 1.82. The second-order valence-corrected chi connectivity index (χ2v) is 8.01. The Morgan fingerprint density at radius 2 is 1.42 bits per heavy atom. The highest BCUT2D eigenvalue weighted by molar-refractivity contribution is 5.29. The van der Waals surface area contributed by atoms with Crippen molar-refractivity contribution in [1.82, 2.24) is 0 Å². The fourth-order valence-corrected chi connectivity index (χ4v) is 4.04. The summed E-state index contributed by atoms with van der Waals surface area (Å²) in [6.07, 6.45) is 12.4. The van der Waals surface area contributed by atoms with Crippen LogP contribution in [0.3, 0.4) is 0 Å². The molecule has 0 aromatic heterocycles. The summed E-state index contributed by atoms with van der Waals surface area (Å²) >= 11 is 0. The SMILES string of the molecule is CCCCCCC[C@H]1CC[C@H](c2ccc(C(F)(F)C(C)(F)F)cc2)CC1. The summed E-state index contributed by atoms with van der Waals surface area (Å²) < 4.78 is 53.7. The molecule has 0 N–H and O–H groups in total. The minimum atomic E-state index is -4.12. The summed E-state index contributed by atoms with van der Waals surface area (Å²) in [5.74, 6) is -7.02. The number of hydrogen-bond donors (Lipinski definition) is 0. The molecule has 0 heterocycles. The van der Waals surface area contributed by atoms with Crippen molar-refractivity contribution >= 4 is 0 Å². The Kier molecular flexibility index (Phi) is 7.54. The third kappa shape index (κ3) is 5.47. The van der Waals surface area contributed by atoms with E-state index >= 15 is 0 Å². The Morgan fingerprint density at radius 3 is 1.96 bits per heavy atom. The molecule has 4 heteroatoms. The first-order valence-corrected chi connectivity index (χ1v) is 10.1. The van der Waals surface area contributed by atoms with Crippen molar-refractivity contribution in [3.05, 3.63) is 35.4 Å². The third-order valence-electron chi connectivity index (χ3n) is 5.86. The smallest absolute Gasteiger partial charge is 0.200 e. The summed E-state index contributed by atoms with van der Waals surface area (Å²) in [4.78, 5) is 0. The molecule has 0 spiro atoms. The van der Waals surface area contributed by atoms with Crippen molar-refractivity contribution in [3.63, 3.8) is 0 Å². The van der Waals surface area contributed by atoms with Crippen LogP contribution in [0.15, 0.2) is 24.3 Å². The molecule has 1 fully saturated rings. The lowest BCUT2D eigenvalue weighted by atomic mass is 9.77. The van der Waals surface area contributed by atoms with E-state index in [1.807, 2.05) is 0 Å². The van der Waals surface area contributed by atoms with Gasteiger partial charge in [0.25, 0.3) is 0 Å². The molecule has 1 aromatic carbocycles. The van der Waals surface area contributed by atoms with E-state index in [2.05, 4.69) is 6.92 Å². The number of halogens is 4. The number of unbranched alkanes of at least 4 members (excludes halogenated alkanes) is 4. The van der Waals surface area contributed by atoms with E-state index in [9.17, 15) is 17.6 Å². The van der Waals surface area contributed by atoms with E-state index in [1.54, 1.807) is 12.1 Å². The van der Waals surface area contributed by atoms with Gasteiger partial charge in [0.05, 0.1) is 0 Å². The largest absolute Gasteiger partial charge is 0.335 e.